The van der Waals surface area contributed by atoms with Gasteiger partial charge in [0.2, 0.25) is 0 Å². The van der Waals surface area contributed by atoms with E-state index in [0.29, 0.717) is 11.3 Å². The van der Waals surface area contributed by atoms with Crippen LogP contribution < -0.4 is 10.0 Å². The van der Waals surface area contributed by atoms with Gasteiger partial charge in [-0.05, 0) is 67.1 Å². The standard InChI is InChI=1S/C19H15FN4O2S/c1-13-10-17(7-8-18(13)20)27(25,26)24-19-9-6-16(12-22-19)23-15-4-2-14(11-21)3-5-15/h2-10,12,23H,1H3,(H,22,24). The number of sulfonamides is 1. The first-order valence-electron chi connectivity index (χ1n) is 7.89. The Morgan fingerprint density at radius 3 is 2.33 bits per heavy atom. The van der Waals surface area contributed by atoms with E-state index in [9.17, 15) is 12.8 Å². The zero-order valence-corrected chi connectivity index (χ0v) is 15.1. The van der Waals surface area contributed by atoms with Crippen molar-refractivity contribution in [2.75, 3.05) is 10.0 Å². The van der Waals surface area contributed by atoms with Crippen LogP contribution in [0.3, 0.4) is 0 Å². The quantitative estimate of drug-likeness (QED) is 0.697. The predicted octanol–water partition coefficient (Wildman–Crippen LogP) is 3.95. The summed E-state index contributed by atoms with van der Waals surface area (Å²) in [5.41, 5.74) is 2.22. The van der Waals surface area contributed by atoms with Crippen LogP contribution in [0, 0.1) is 24.1 Å². The van der Waals surface area contributed by atoms with E-state index in [-0.39, 0.29) is 16.3 Å². The van der Waals surface area contributed by atoms with Crippen molar-refractivity contribution in [2.24, 2.45) is 0 Å². The summed E-state index contributed by atoms with van der Waals surface area (Å²) in [6.07, 6.45) is 1.48. The largest absolute Gasteiger partial charge is 0.354 e. The van der Waals surface area contributed by atoms with Crippen LogP contribution in [-0.4, -0.2) is 13.4 Å². The molecule has 0 fully saturated rings. The molecule has 0 spiro atoms. The highest BCUT2D eigenvalue weighted by Gasteiger charge is 2.16. The summed E-state index contributed by atoms with van der Waals surface area (Å²) in [7, 11) is -3.86. The lowest BCUT2D eigenvalue weighted by Gasteiger charge is -2.10. The van der Waals surface area contributed by atoms with Crippen LogP contribution in [0.25, 0.3) is 0 Å². The van der Waals surface area contributed by atoms with Gasteiger partial charge < -0.3 is 5.32 Å². The topological polar surface area (TPSA) is 94.9 Å². The van der Waals surface area contributed by atoms with Crippen molar-refractivity contribution in [3.8, 4) is 6.07 Å². The maximum Gasteiger partial charge on any atom is 0.263 e. The molecule has 0 atom stereocenters. The van der Waals surface area contributed by atoms with Gasteiger partial charge in [-0.15, -0.1) is 0 Å². The molecule has 0 aliphatic heterocycles. The highest BCUT2D eigenvalue weighted by Crippen LogP contribution is 2.20. The van der Waals surface area contributed by atoms with Gasteiger partial charge in [-0.1, -0.05) is 0 Å². The molecular formula is C19H15FN4O2S. The van der Waals surface area contributed by atoms with Crippen LogP contribution in [0.1, 0.15) is 11.1 Å². The number of hydrogen-bond donors (Lipinski definition) is 2. The summed E-state index contributed by atoms with van der Waals surface area (Å²) in [5.74, 6) is -0.326. The van der Waals surface area contributed by atoms with Gasteiger partial charge in [-0.25, -0.2) is 17.8 Å². The van der Waals surface area contributed by atoms with Gasteiger partial charge >= 0.3 is 0 Å². The Bertz CT molecular complexity index is 1110. The Labute approximate surface area is 156 Å². The number of nitrogens with one attached hydrogen (secondary N) is 2. The Morgan fingerprint density at radius 1 is 1.04 bits per heavy atom. The van der Waals surface area contributed by atoms with E-state index in [1.165, 1.54) is 31.3 Å². The first-order chi connectivity index (χ1) is 12.9. The molecule has 2 N–H and O–H groups in total. The Morgan fingerprint density at radius 2 is 1.74 bits per heavy atom. The number of aromatic nitrogens is 1. The summed E-state index contributed by atoms with van der Waals surface area (Å²) in [5, 5.41) is 11.9. The maximum absolute atomic E-state index is 13.3. The third-order valence-corrected chi connectivity index (χ3v) is 5.10. The van der Waals surface area contributed by atoms with Gasteiger partial charge in [0, 0.05) is 5.69 Å². The summed E-state index contributed by atoms with van der Waals surface area (Å²) >= 11 is 0. The molecule has 1 aromatic heterocycles. The first kappa shape index (κ1) is 18.4. The molecule has 0 unspecified atom stereocenters. The second-order valence-corrected chi connectivity index (χ2v) is 7.45. The Kier molecular flexibility index (Phi) is 5.05. The molecule has 3 rings (SSSR count). The minimum Gasteiger partial charge on any atom is -0.354 e. The maximum atomic E-state index is 13.3. The smallest absolute Gasteiger partial charge is 0.263 e. The van der Waals surface area contributed by atoms with Crippen LogP contribution in [-0.2, 0) is 10.0 Å². The average molecular weight is 382 g/mol. The number of nitrogens with zero attached hydrogens (tertiary/aromatic N) is 2. The number of aryl methyl sites for hydroxylation is 1. The van der Waals surface area contributed by atoms with Crippen LogP contribution in [0.5, 0.6) is 0 Å². The van der Waals surface area contributed by atoms with Gasteiger partial charge in [0.25, 0.3) is 10.0 Å². The summed E-state index contributed by atoms with van der Waals surface area (Å²) in [6, 6.07) is 15.7. The number of pyridine rings is 1. The number of anilines is 3. The molecule has 0 radical (unpaired) electrons. The fourth-order valence-electron chi connectivity index (χ4n) is 2.30. The molecular weight excluding hydrogens is 367 g/mol. The van der Waals surface area contributed by atoms with E-state index in [4.69, 9.17) is 5.26 Å². The van der Waals surface area contributed by atoms with E-state index in [1.807, 2.05) is 6.07 Å². The zero-order chi connectivity index (χ0) is 19.4. The van der Waals surface area contributed by atoms with Gasteiger partial charge in [-0.3, -0.25) is 4.72 Å². The van der Waals surface area contributed by atoms with Crippen LogP contribution in [0.4, 0.5) is 21.6 Å². The fraction of sp³-hybridized carbons (Fsp3) is 0.0526. The Hall–Kier alpha value is -3.44. The first-order valence-corrected chi connectivity index (χ1v) is 9.38. The predicted molar refractivity (Wildman–Crippen MR) is 101 cm³/mol. The van der Waals surface area contributed by atoms with Gasteiger partial charge in [0.1, 0.15) is 11.6 Å². The third-order valence-electron chi connectivity index (χ3n) is 3.74. The van der Waals surface area contributed by atoms with Crippen molar-refractivity contribution >= 4 is 27.2 Å². The van der Waals surface area contributed by atoms with Crippen molar-refractivity contribution in [2.45, 2.75) is 11.8 Å². The summed E-state index contributed by atoms with van der Waals surface area (Å²) in [6.45, 7) is 1.50. The van der Waals surface area contributed by atoms with Gasteiger partial charge in [0.15, 0.2) is 0 Å². The van der Waals surface area contributed by atoms with Crippen molar-refractivity contribution < 1.29 is 12.8 Å². The number of nitriles is 1. The Balaban J connectivity index is 1.72. The van der Waals surface area contributed by atoms with Crippen molar-refractivity contribution in [1.29, 1.82) is 5.26 Å². The molecule has 0 aliphatic carbocycles. The molecule has 3 aromatic rings. The molecule has 0 amide bonds. The number of halogens is 1. The molecule has 27 heavy (non-hydrogen) atoms. The average Bonchev–Trinajstić information content (AvgIpc) is 2.66. The van der Waals surface area contributed by atoms with E-state index in [2.05, 4.69) is 15.0 Å². The van der Waals surface area contributed by atoms with Gasteiger partial charge in [-0.2, -0.15) is 5.26 Å². The molecule has 8 heteroatoms. The summed E-state index contributed by atoms with van der Waals surface area (Å²) < 4.78 is 40.5. The highest BCUT2D eigenvalue weighted by molar-refractivity contribution is 7.92. The molecule has 0 saturated heterocycles. The normalized spacial score (nSPS) is 10.9. The molecule has 0 aliphatic rings. The van der Waals surface area contributed by atoms with Gasteiger partial charge in [0.05, 0.1) is 28.4 Å². The minimum absolute atomic E-state index is 0.0389. The lowest BCUT2D eigenvalue weighted by Crippen LogP contribution is -2.14. The summed E-state index contributed by atoms with van der Waals surface area (Å²) in [4.78, 5) is 4.04. The fourth-order valence-corrected chi connectivity index (χ4v) is 3.40. The van der Waals surface area contributed by atoms with Crippen LogP contribution in [0.15, 0.2) is 65.7 Å². The number of benzene rings is 2. The van der Waals surface area contributed by atoms with Crippen LogP contribution in [0.2, 0.25) is 0 Å². The van der Waals surface area contributed by atoms with Crippen LogP contribution >= 0.6 is 0 Å². The van der Waals surface area contributed by atoms with E-state index >= 15 is 0 Å². The third kappa shape index (κ3) is 4.40. The zero-order valence-electron chi connectivity index (χ0n) is 14.3. The molecule has 6 nitrogen and oxygen atoms in total. The number of rotatable bonds is 5. The lowest BCUT2D eigenvalue weighted by atomic mass is 10.2. The molecule has 1 heterocycles. The molecule has 0 bridgehead atoms. The van der Waals surface area contributed by atoms with E-state index < -0.39 is 15.8 Å². The number of hydrogen-bond acceptors (Lipinski definition) is 5. The molecule has 0 saturated carbocycles. The minimum atomic E-state index is -3.86. The second kappa shape index (κ2) is 7.43. The SMILES string of the molecule is Cc1cc(S(=O)(=O)Nc2ccc(Nc3ccc(C#N)cc3)cn2)ccc1F. The van der Waals surface area contributed by atoms with E-state index in [1.54, 1.807) is 30.3 Å². The van der Waals surface area contributed by atoms with E-state index in [0.717, 1.165) is 11.8 Å². The van der Waals surface area contributed by atoms with Crippen molar-refractivity contribution in [1.82, 2.24) is 4.98 Å². The monoisotopic (exact) mass is 382 g/mol. The van der Waals surface area contributed by atoms with Crippen molar-refractivity contribution in [3.63, 3.8) is 0 Å². The molecule has 136 valence electrons. The highest BCUT2D eigenvalue weighted by atomic mass is 32.2. The van der Waals surface area contributed by atoms with Crippen molar-refractivity contribution in [3.05, 3.63) is 77.7 Å². The second-order valence-electron chi connectivity index (χ2n) is 5.76. The lowest BCUT2D eigenvalue weighted by molar-refractivity contribution is 0.598. The molecule has 2 aromatic carbocycles.